The minimum absolute atomic E-state index is 0.356. The summed E-state index contributed by atoms with van der Waals surface area (Å²) in [5.74, 6) is -0.356. The fourth-order valence-electron chi connectivity index (χ4n) is 1.70. The van der Waals surface area contributed by atoms with Gasteiger partial charge in [0.2, 0.25) is 0 Å². The third kappa shape index (κ3) is 4.56. The van der Waals surface area contributed by atoms with Crippen molar-refractivity contribution in [3.8, 4) is 0 Å². The Labute approximate surface area is 102 Å². The number of carbonyl (C=O) groups is 1. The van der Waals surface area contributed by atoms with Crippen LogP contribution in [0.1, 0.15) is 32.6 Å². The molecule has 0 aromatic carbocycles. The molecule has 0 unspecified atom stereocenters. The Morgan fingerprint density at radius 1 is 1.59 bits per heavy atom. The third-order valence-electron chi connectivity index (χ3n) is 2.51. The molecule has 1 aliphatic rings. The second-order valence-corrected chi connectivity index (χ2v) is 3.85. The second-order valence-electron chi connectivity index (χ2n) is 3.85. The van der Waals surface area contributed by atoms with Crippen LogP contribution in [0, 0.1) is 0 Å². The number of ether oxygens (including phenoxy) is 1. The predicted molar refractivity (Wildman–Crippen MR) is 67.7 cm³/mol. The van der Waals surface area contributed by atoms with Crippen LogP contribution in [-0.2, 0) is 9.53 Å². The number of nitrogens with one attached hydrogen (secondary N) is 1. The number of hydrogen-bond donors (Lipinski definition) is 2. The van der Waals surface area contributed by atoms with Crippen molar-refractivity contribution >= 4 is 11.7 Å². The molecule has 0 aromatic rings. The lowest BCUT2D eigenvalue weighted by Gasteiger charge is -2.14. The fourth-order valence-corrected chi connectivity index (χ4v) is 1.70. The Morgan fingerprint density at radius 2 is 2.41 bits per heavy atom. The summed E-state index contributed by atoms with van der Waals surface area (Å²) in [5, 5.41) is 4.10. The monoisotopic (exact) mass is 239 g/mol. The van der Waals surface area contributed by atoms with E-state index in [2.05, 4.69) is 16.6 Å². The Kier molecular flexibility index (Phi) is 6.32. The molecule has 0 radical (unpaired) electrons. The van der Waals surface area contributed by atoms with E-state index in [9.17, 15) is 4.79 Å². The summed E-state index contributed by atoms with van der Waals surface area (Å²) < 4.78 is 5.01. The fraction of sp³-hybridized carbons (Fsp3) is 0.667. The highest BCUT2D eigenvalue weighted by atomic mass is 16.5. The maximum Gasteiger partial charge on any atom is 0.359 e. The van der Waals surface area contributed by atoms with Crippen molar-refractivity contribution in [3.63, 3.8) is 0 Å². The number of rotatable bonds is 6. The van der Waals surface area contributed by atoms with Crippen molar-refractivity contribution < 1.29 is 9.53 Å². The van der Waals surface area contributed by atoms with E-state index in [1.807, 2.05) is 0 Å². The van der Waals surface area contributed by atoms with Crippen LogP contribution in [0.5, 0.6) is 0 Å². The quantitative estimate of drug-likeness (QED) is 0.313. The Balaban J connectivity index is 2.73. The number of carbonyl (C=O) groups excluding carboxylic acids is 1. The highest BCUT2D eigenvalue weighted by molar-refractivity contribution is 6.43. The molecule has 0 atom stereocenters. The lowest BCUT2D eigenvalue weighted by molar-refractivity contribution is -0.135. The van der Waals surface area contributed by atoms with Gasteiger partial charge in [-0.05, 0) is 38.2 Å². The molecule has 0 saturated heterocycles. The van der Waals surface area contributed by atoms with E-state index in [4.69, 9.17) is 10.5 Å². The van der Waals surface area contributed by atoms with Gasteiger partial charge in [0.25, 0.3) is 0 Å². The summed E-state index contributed by atoms with van der Waals surface area (Å²) in [6, 6.07) is 0. The van der Waals surface area contributed by atoms with Gasteiger partial charge in [-0.1, -0.05) is 6.08 Å². The van der Waals surface area contributed by atoms with Crippen molar-refractivity contribution in [2.45, 2.75) is 32.6 Å². The van der Waals surface area contributed by atoms with E-state index in [0.717, 1.165) is 24.8 Å². The van der Waals surface area contributed by atoms with Gasteiger partial charge in [0.05, 0.1) is 6.61 Å². The molecule has 3 N–H and O–H groups in total. The van der Waals surface area contributed by atoms with E-state index < -0.39 is 0 Å². The van der Waals surface area contributed by atoms with Crippen LogP contribution < -0.4 is 11.2 Å². The van der Waals surface area contributed by atoms with Gasteiger partial charge in [0.1, 0.15) is 0 Å². The molecule has 0 bridgehead atoms. The van der Waals surface area contributed by atoms with Crippen molar-refractivity contribution in [3.05, 3.63) is 11.6 Å². The van der Waals surface area contributed by atoms with Gasteiger partial charge >= 0.3 is 5.97 Å². The number of esters is 1. The SMILES string of the molecule is CCOC(=O)/C(=N/NCCN)C1=CCCCC1. The molecule has 1 rings (SSSR count). The topological polar surface area (TPSA) is 76.7 Å². The maximum absolute atomic E-state index is 11.8. The maximum atomic E-state index is 11.8. The summed E-state index contributed by atoms with van der Waals surface area (Å²) in [5.41, 5.74) is 9.55. The molecule has 0 amide bonds. The van der Waals surface area contributed by atoms with Crippen LogP contribution in [0.15, 0.2) is 16.8 Å². The number of hydrazone groups is 1. The van der Waals surface area contributed by atoms with E-state index >= 15 is 0 Å². The summed E-state index contributed by atoms with van der Waals surface area (Å²) >= 11 is 0. The molecule has 0 aliphatic heterocycles. The molecule has 0 aromatic heterocycles. The second kappa shape index (κ2) is 7.84. The number of allylic oxidation sites excluding steroid dienone is 1. The normalized spacial score (nSPS) is 16.4. The molecule has 0 heterocycles. The molecule has 0 saturated carbocycles. The minimum atomic E-state index is -0.356. The van der Waals surface area contributed by atoms with Gasteiger partial charge < -0.3 is 15.9 Å². The standard InChI is InChI=1S/C12H21N3O2/c1-2-17-12(16)11(15-14-9-8-13)10-6-4-3-5-7-10/h6,14H,2-5,7-9,13H2,1H3/b15-11+. The van der Waals surface area contributed by atoms with Gasteiger partial charge in [-0.3, -0.25) is 0 Å². The van der Waals surface area contributed by atoms with E-state index in [0.29, 0.717) is 25.4 Å². The first-order valence-electron chi connectivity index (χ1n) is 6.16. The number of nitrogens with two attached hydrogens (primary N) is 1. The van der Waals surface area contributed by atoms with Crippen molar-refractivity contribution in [1.29, 1.82) is 0 Å². The number of nitrogens with zero attached hydrogens (tertiary/aromatic N) is 1. The summed E-state index contributed by atoms with van der Waals surface area (Å²) in [6.07, 6.45) is 6.24. The lowest BCUT2D eigenvalue weighted by atomic mass is 9.96. The van der Waals surface area contributed by atoms with Crippen LogP contribution in [-0.4, -0.2) is 31.4 Å². The van der Waals surface area contributed by atoms with Gasteiger partial charge in [0, 0.05) is 13.1 Å². The Morgan fingerprint density at radius 3 is 3.00 bits per heavy atom. The van der Waals surface area contributed by atoms with Crippen LogP contribution in [0.3, 0.4) is 0 Å². The zero-order chi connectivity index (χ0) is 12.5. The smallest absolute Gasteiger partial charge is 0.359 e. The zero-order valence-electron chi connectivity index (χ0n) is 10.4. The van der Waals surface area contributed by atoms with Crippen LogP contribution in [0.25, 0.3) is 0 Å². The molecule has 5 nitrogen and oxygen atoms in total. The molecule has 0 fully saturated rings. The predicted octanol–water partition coefficient (Wildman–Crippen LogP) is 0.954. The average Bonchev–Trinajstić information content (AvgIpc) is 2.36. The summed E-state index contributed by atoms with van der Waals surface area (Å²) in [6.45, 7) is 3.19. The highest BCUT2D eigenvalue weighted by Gasteiger charge is 2.19. The largest absolute Gasteiger partial charge is 0.461 e. The Bertz CT molecular complexity index is 311. The molecule has 1 aliphatic carbocycles. The van der Waals surface area contributed by atoms with Crippen molar-refractivity contribution in [2.75, 3.05) is 19.7 Å². The minimum Gasteiger partial charge on any atom is -0.461 e. The highest BCUT2D eigenvalue weighted by Crippen LogP contribution is 2.19. The first-order valence-corrected chi connectivity index (χ1v) is 6.16. The van der Waals surface area contributed by atoms with E-state index in [1.54, 1.807) is 6.92 Å². The summed E-state index contributed by atoms with van der Waals surface area (Å²) in [7, 11) is 0. The van der Waals surface area contributed by atoms with E-state index in [1.165, 1.54) is 6.42 Å². The van der Waals surface area contributed by atoms with Gasteiger partial charge in [-0.2, -0.15) is 5.10 Å². The molecule has 17 heavy (non-hydrogen) atoms. The van der Waals surface area contributed by atoms with Crippen LogP contribution in [0.2, 0.25) is 0 Å². The van der Waals surface area contributed by atoms with Crippen LogP contribution in [0.4, 0.5) is 0 Å². The lowest BCUT2D eigenvalue weighted by Crippen LogP contribution is -2.26. The summed E-state index contributed by atoms with van der Waals surface area (Å²) in [4.78, 5) is 11.8. The van der Waals surface area contributed by atoms with Crippen molar-refractivity contribution in [2.24, 2.45) is 10.8 Å². The van der Waals surface area contributed by atoms with Crippen LogP contribution >= 0.6 is 0 Å². The van der Waals surface area contributed by atoms with E-state index in [-0.39, 0.29) is 5.97 Å². The first-order chi connectivity index (χ1) is 8.29. The van der Waals surface area contributed by atoms with Crippen molar-refractivity contribution in [1.82, 2.24) is 5.43 Å². The average molecular weight is 239 g/mol. The molecule has 96 valence electrons. The van der Waals surface area contributed by atoms with Gasteiger partial charge in [-0.15, -0.1) is 0 Å². The Hall–Kier alpha value is -1.36. The number of hydrogen-bond acceptors (Lipinski definition) is 5. The molecule has 0 spiro atoms. The van der Waals surface area contributed by atoms with Gasteiger partial charge in [-0.25, -0.2) is 4.79 Å². The zero-order valence-corrected chi connectivity index (χ0v) is 10.4. The molecular weight excluding hydrogens is 218 g/mol. The molecular formula is C12H21N3O2. The first kappa shape index (κ1) is 13.7. The van der Waals surface area contributed by atoms with Gasteiger partial charge in [0.15, 0.2) is 5.71 Å². The third-order valence-corrected chi connectivity index (χ3v) is 2.51. The molecule has 5 heteroatoms.